The number of aliphatic hydroxyl groups excluding tert-OH is 1. The highest BCUT2D eigenvalue weighted by Crippen LogP contribution is 2.29. The second kappa shape index (κ2) is 5.34. The highest BCUT2D eigenvalue weighted by Gasteiger charge is 2.12. The molecule has 1 unspecified atom stereocenters. The highest BCUT2D eigenvalue weighted by molar-refractivity contribution is 9.11. The van der Waals surface area contributed by atoms with Crippen LogP contribution in [0.3, 0.4) is 0 Å². The van der Waals surface area contributed by atoms with Gasteiger partial charge in [0.25, 0.3) is 0 Å². The first-order valence-corrected chi connectivity index (χ1v) is 7.16. The molecule has 90 valence electrons. The van der Waals surface area contributed by atoms with E-state index in [1.807, 2.05) is 12.1 Å². The fourth-order valence-electron chi connectivity index (χ4n) is 1.84. The van der Waals surface area contributed by atoms with Crippen molar-refractivity contribution in [2.24, 2.45) is 0 Å². The Morgan fingerprint density at radius 2 is 2.00 bits per heavy atom. The predicted molar refractivity (Wildman–Crippen MR) is 76.6 cm³/mol. The van der Waals surface area contributed by atoms with Crippen molar-refractivity contribution in [1.29, 1.82) is 0 Å². The highest BCUT2D eigenvalue weighted by atomic mass is 79.9. The molecule has 1 aromatic heterocycles. The Balaban J connectivity index is 2.18. The molecule has 2 aromatic rings. The summed E-state index contributed by atoms with van der Waals surface area (Å²) in [7, 11) is 0. The molecule has 0 saturated heterocycles. The number of halogens is 1. The van der Waals surface area contributed by atoms with E-state index in [2.05, 4.69) is 48.0 Å². The molecule has 0 spiro atoms. The van der Waals surface area contributed by atoms with Crippen LogP contribution in [0.15, 0.2) is 34.1 Å². The third-order valence-electron chi connectivity index (χ3n) is 2.84. The van der Waals surface area contributed by atoms with Gasteiger partial charge in [-0.3, -0.25) is 0 Å². The SMILES string of the molecule is Cc1ccc(C)c(CC(O)c2ccc(Br)s2)c1. The minimum atomic E-state index is -0.410. The Labute approximate surface area is 114 Å². The van der Waals surface area contributed by atoms with Crippen LogP contribution >= 0.6 is 27.3 Å². The number of thiophene rings is 1. The van der Waals surface area contributed by atoms with Gasteiger partial charge in [0, 0.05) is 11.3 Å². The van der Waals surface area contributed by atoms with Crippen LogP contribution in [-0.2, 0) is 6.42 Å². The molecule has 2 rings (SSSR count). The van der Waals surface area contributed by atoms with Crippen LogP contribution in [0.5, 0.6) is 0 Å². The average molecular weight is 311 g/mol. The van der Waals surface area contributed by atoms with E-state index < -0.39 is 6.10 Å². The van der Waals surface area contributed by atoms with Gasteiger partial charge in [-0.05, 0) is 53.0 Å². The topological polar surface area (TPSA) is 20.2 Å². The van der Waals surface area contributed by atoms with E-state index in [-0.39, 0.29) is 0 Å². The van der Waals surface area contributed by atoms with Crippen molar-refractivity contribution in [2.45, 2.75) is 26.4 Å². The van der Waals surface area contributed by atoms with E-state index in [1.54, 1.807) is 11.3 Å². The molecule has 1 aromatic carbocycles. The first-order valence-electron chi connectivity index (χ1n) is 5.55. The summed E-state index contributed by atoms with van der Waals surface area (Å²) in [5.74, 6) is 0. The summed E-state index contributed by atoms with van der Waals surface area (Å²) in [4.78, 5) is 1.01. The van der Waals surface area contributed by atoms with Crippen molar-refractivity contribution < 1.29 is 5.11 Å². The van der Waals surface area contributed by atoms with E-state index in [9.17, 15) is 5.11 Å². The summed E-state index contributed by atoms with van der Waals surface area (Å²) >= 11 is 5.01. The predicted octanol–water partition coefficient (Wildman–Crippen LogP) is 4.40. The Morgan fingerprint density at radius 3 is 2.65 bits per heavy atom. The molecule has 0 amide bonds. The molecular formula is C14H15BrOS. The lowest BCUT2D eigenvalue weighted by molar-refractivity contribution is 0.182. The van der Waals surface area contributed by atoms with Crippen LogP contribution in [0.1, 0.15) is 27.7 Å². The first kappa shape index (κ1) is 12.8. The van der Waals surface area contributed by atoms with Crippen LogP contribution in [0.25, 0.3) is 0 Å². The number of hydrogen-bond acceptors (Lipinski definition) is 2. The Hall–Kier alpha value is -0.640. The number of aliphatic hydroxyl groups is 1. The first-order chi connectivity index (χ1) is 8.06. The lowest BCUT2D eigenvalue weighted by Gasteiger charge is -2.11. The van der Waals surface area contributed by atoms with Crippen molar-refractivity contribution in [3.63, 3.8) is 0 Å². The molecular weight excluding hydrogens is 296 g/mol. The van der Waals surface area contributed by atoms with Gasteiger partial charge in [-0.2, -0.15) is 0 Å². The number of benzene rings is 1. The number of rotatable bonds is 3. The molecule has 3 heteroatoms. The molecule has 1 N–H and O–H groups in total. The lowest BCUT2D eigenvalue weighted by atomic mass is 10.00. The molecule has 1 nitrogen and oxygen atoms in total. The van der Waals surface area contributed by atoms with Crippen molar-refractivity contribution in [1.82, 2.24) is 0 Å². The second-order valence-electron chi connectivity index (χ2n) is 4.29. The molecule has 0 aliphatic carbocycles. The smallest absolute Gasteiger partial charge is 0.0922 e. The summed E-state index contributed by atoms with van der Waals surface area (Å²) in [5, 5.41) is 10.2. The molecule has 0 bridgehead atoms. The van der Waals surface area contributed by atoms with Gasteiger partial charge < -0.3 is 5.11 Å². The van der Waals surface area contributed by atoms with E-state index >= 15 is 0 Å². The van der Waals surface area contributed by atoms with Gasteiger partial charge in [0.15, 0.2) is 0 Å². The normalized spacial score (nSPS) is 12.7. The molecule has 1 atom stereocenters. The van der Waals surface area contributed by atoms with Gasteiger partial charge in [-0.15, -0.1) is 11.3 Å². The summed E-state index contributed by atoms with van der Waals surface area (Å²) < 4.78 is 1.06. The lowest BCUT2D eigenvalue weighted by Crippen LogP contribution is -2.01. The molecule has 0 radical (unpaired) electrons. The quantitative estimate of drug-likeness (QED) is 0.890. The van der Waals surface area contributed by atoms with Crippen LogP contribution in [0, 0.1) is 13.8 Å². The minimum Gasteiger partial charge on any atom is -0.387 e. The van der Waals surface area contributed by atoms with Gasteiger partial charge in [0.1, 0.15) is 0 Å². The van der Waals surface area contributed by atoms with Gasteiger partial charge in [-0.25, -0.2) is 0 Å². The molecule has 0 aliphatic rings. The minimum absolute atomic E-state index is 0.410. The third kappa shape index (κ3) is 3.18. The maximum Gasteiger partial charge on any atom is 0.0922 e. The average Bonchev–Trinajstić information content (AvgIpc) is 2.70. The zero-order valence-corrected chi connectivity index (χ0v) is 12.3. The fraction of sp³-hybridized carbons (Fsp3) is 0.286. The van der Waals surface area contributed by atoms with E-state index in [4.69, 9.17) is 0 Å². The zero-order valence-electron chi connectivity index (χ0n) is 9.90. The molecule has 1 heterocycles. The van der Waals surface area contributed by atoms with Crippen LogP contribution in [0.4, 0.5) is 0 Å². The zero-order chi connectivity index (χ0) is 12.4. The Morgan fingerprint density at radius 1 is 1.24 bits per heavy atom. The summed E-state index contributed by atoms with van der Waals surface area (Å²) in [6, 6.07) is 10.3. The van der Waals surface area contributed by atoms with Crippen LogP contribution in [-0.4, -0.2) is 5.11 Å². The maximum absolute atomic E-state index is 10.2. The van der Waals surface area contributed by atoms with E-state index in [0.717, 1.165) is 8.66 Å². The number of hydrogen-bond donors (Lipinski definition) is 1. The van der Waals surface area contributed by atoms with Crippen LogP contribution in [0.2, 0.25) is 0 Å². The van der Waals surface area contributed by atoms with E-state index in [1.165, 1.54) is 16.7 Å². The molecule has 17 heavy (non-hydrogen) atoms. The van der Waals surface area contributed by atoms with Gasteiger partial charge in [-0.1, -0.05) is 23.8 Å². The third-order valence-corrected chi connectivity index (χ3v) is 4.57. The summed E-state index contributed by atoms with van der Waals surface area (Å²) in [6.07, 6.45) is 0.271. The molecule has 0 saturated carbocycles. The van der Waals surface area contributed by atoms with Gasteiger partial charge in [0.2, 0.25) is 0 Å². The fourth-order valence-corrected chi connectivity index (χ4v) is 3.25. The monoisotopic (exact) mass is 310 g/mol. The standard InChI is InChI=1S/C14H15BrOS/c1-9-3-4-10(2)11(7-9)8-12(16)13-5-6-14(15)17-13/h3-7,12,16H,8H2,1-2H3. The van der Waals surface area contributed by atoms with Crippen molar-refractivity contribution >= 4 is 27.3 Å². The Kier molecular flexibility index (Phi) is 4.02. The maximum atomic E-state index is 10.2. The summed E-state index contributed by atoms with van der Waals surface area (Å²) in [5.41, 5.74) is 3.71. The van der Waals surface area contributed by atoms with E-state index in [0.29, 0.717) is 6.42 Å². The largest absolute Gasteiger partial charge is 0.387 e. The van der Waals surface area contributed by atoms with Crippen molar-refractivity contribution in [3.8, 4) is 0 Å². The van der Waals surface area contributed by atoms with Crippen molar-refractivity contribution in [3.05, 3.63) is 55.7 Å². The van der Waals surface area contributed by atoms with Crippen molar-refractivity contribution in [2.75, 3.05) is 0 Å². The second-order valence-corrected chi connectivity index (χ2v) is 6.79. The molecule has 0 fully saturated rings. The Bertz CT molecular complexity index is 519. The van der Waals surface area contributed by atoms with Crippen LogP contribution < -0.4 is 0 Å². The van der Waals surface area contributed by atoms with Gasteiger partial charge >= 0.3 is 0 Å². The molecule has 0 aliphatic heterocycles. The number of aryl methyl sites for hydroxylation is 2. The van der Waals surface area contributed by atoms with Gasteiger partial charge in [0.05, 0.1) is 9.89 Å². The summed E-state index contributed by atoms with van der Waals surface area (Å²) in [6.45, 7) is 4.17.